The van der Waals surface area contributed by atoms with Gasteiger partial charge in [-0.25, -0.2) is 0 Å². The van der Waals surface area contributed by atoms with Gasteiger partial charge in [0.2, 0.25) is 0 Å². The van der Waals surface area contributed by atoms with Crippen molar-refractivity contribution < 1.29 is 13.2 Å². The van der Waals surface area contributed by atoms with Crippen LogP contribution in [0, 0.1) is 0 Å². The molecule has 0 saturated heterocycles. The van der Waals surface area contributed by atoms with E-state index in [-0.39, 0.29) is 18.5 Å². The maximum absolute atomic E-state index is 13.0. The maximum atomic E-state index is 13.0. The van der Waals surface area contributed by atoms with Gasteiger partial charge in [-0.05, 0) is 42.8 Å². The SMILES string of the molecule is NCCc1ccc(Sc2ccncc2)cc1C(F)(F)F. The van der Waals surface area contributed by atoms with Gasteiger partial charge in [-0.3, -0.25) is 4.98 Å². The van der Waals surface area contributed by atoms with E-state index in [2.05, 4.69) is 4.98 Å². The van der Waals surface area contributed by atoms with Crippen LogP contribution in [0.1, 0.15) is 11.1 Å². The Balaban J connectivity index is 2.32. The summed E-state index contributed by atoms with van der Waals surface area (Å²) in [5.74, 6) is 0. The zero-order valence-corrected chi connectivity index (χ0v) is 11.3. The number of rotatable bonds is 4. The zero-order valence-electron chi connectivity index (χ0n) is 10.5. The molecule has 1 aromatic heterocycles. The third-order valence-corrected chi connectivity index (χ3v) is 3.68. The molecule has 2 rings (SSSR count). The highest BCUT2D eigenvalue weighted by Crippen LogP contribution is 2.36. The minimum Gasteiger partial charge on any atom is -0.330 e. The van der Waals surface area contributed by atoms with Gasteiger partial charge in [0, 0.05) is 22.2 Å². The monoisotopic (exact) mass is 298 g/mol. The first-order valence-electron chi connectivity index (χ1n) is 5.99. The van der Waals surface area contributed by atoms with Gasteiger partial charge in [0.25, 0.3) is 0 Å². The lowest BCUT2D eigenvalue weighted by Gasteiger charge is -2.14. The van der Waals surface area contributed by atoms with Crippen LogP contribution in [-0.2, 0) is 12.6 Å². The van der Waals surface area contributed by atoms with E-state index in [9.17, 15) is 13.2 Å². The number of pyridine rings is 1. The third-order valence-electron chi connectivity index (χ3n) is 2.69. The Morgan fingerprint density at radius 2 is 1.75 bits per heavy atom. The van der Waals surface area contributed by atoms with Crippen LogP contribution < -0.4 is 5.73 Å². The van der Waals surface area contributed by atoms with Crippen molar-refractivity contribution in [2.75, 3.05) is 6.54 Å². The van der Waals surface area contributed by atoms with Gasteiger partial charge < -0.3 is 5.73 Å². The lowest BCUT2D eigenvalue weighted by Crippen LogP contribution is -2.12. The minimum absolute atomic E-state index is 0.194. The minimum atomic E-state index is -4.36. The van der Waals surface area contributed by atoms with Crippen LogP contribution in [0.3, 0.4) is 0 Å². The topological polar surface area (TPSA) is 38.9 Å². The van der Waals surface area contributed by atoms with Crippen LogP contribution in [0.15, 0.2) is 52.5 Å². The molecule has 0 fully saturated rings. The summed E-state index contributed by atoms with van der Waals surface area (Å²) in [6.07, 6.45) is -0.931. The van der Waals surface area contributed by atoms with E-state index < -0.39 is 11.7 Å². The van der Waals surface area contributed by atoms with Crippen LogP contribution in [-0.4, -0.2) is 11.5 Å². The maximum Gasteiger partial charge on any atom is 0.416 e. The molecule has 0 atom stereocenters. The summed E-state index contributed by atoms with van der Waals surface area (Å²) >= 11 is 1.27. The molecule has 0 aliphatic heterocycles. The Labute approximate surface area is 119 Å². The summed E-state index contributed by atoms with van der Waals surface area (Å²) in [6, 6.07) is 7.87. The highest BCUT2D eigenvalue weighted by molar-refractivity contribution is 7.99. The van der Waals surface area contributed by atoms with E-state index in [0.29, 0.717) is 4.90 Å². The standard InChI is InChI=1S/C14H13F3N2S/c15-14(16,17)13-9-12(2-1-10(13)3-6-18)20-11-4-7-19-8-5-11/h1-2,4-5,7-9H,3,6,18H2. The van der Waals surface area contributed by atoms with Crippen molar-refractivity contribution in [1.29, 1.82) is 0 Å². The van der Waals surface area contributed by atoms with Gasteiger partial charge in [0.15, 0.2) is 0 Å². The van der Waals surface area contributed by atoms with Crippen LogP contribution in [0.5, 0.6) is 0 Å². The van der Waals surface area contributed by atoms with E-state index in [1.165, 1.54) is 23.9 Å². The highest BCUT2D eigenvalue weighted by Gasteiger charge is 2.33. The molecule has 0 aliphatic rings. The molecule has 106 valence electrons. The number of halogens is 3. The van der Waals surface area contributed by atoms with Crippen molar-refractivity contribution >= 4 is 11.8 Å². The molecule has 2 N–H and O–H groups in total. The molecule has 0 aliphatic carbocycles. The molecule has 0 radical (unpaired) electrons. The lowest BCUT2D eigenvalue weighted by molar-refractivity contribution is -0.138. The molecule has 0 bridgehead atoms. The van der Waals surface area contributed by atoms with Crippen LogP contribution in [0.2, 0.25) is 0 Å². The second-order valence-corrected chi connectivity index (χ2v) is 5.29. The molecule has 1 heterocycles. The molecular weight excluding hydrogens is 285 g/mol. The van der Waals surface area contributed by atoms with E-state index in [4.69, 9.17) is 5.73 Å². The summed E-state index contributed by atoms with van der Waals surface area (Å²) in [5, 5.41) is 0. The summed E-state index contributed by atoms with van der Waals surface area (Å²) in [6.45, 7) is 0.194. The Bertz CT molecular complexity index is 570. The van der Waals surface area contributed by atoms with E-state index in [1.54, 1.807) is 30.6 Å². The fraction of sp³-hybridized carbons (Fsp3) is 0.214. The number of nitrogens with two attached hydrogens (primary N) is 1. The van der Waals surface area contributed by atoms with Crippen molar-refractivity contribution in [2.24, 2.45) is 5.73 Å². The zero-order chi connectivity index (χ0) is 14.6. The normalized spacial score (nSPS) is 11.6. The molecule has 20 heavy (non-hydrogen) atoms. The molecule has 6 heteroatoms. The molecule has 2 aromatic rings. The number of hydrogen-bond acceptors (Lipinski definition) is 3. The fourth-order valence-corrected chi connectivity index (χ4v) is 2.64. The summed E-state index contributed by atoms with van der Waals surface area (Å²) < 4.78 is 39.1. The summed E-state index contributed by atoms with van der Waals surface area (Å²) in [7, 11) is 0. The second-order valence-electron chi connectivity index (χ2n) is 4.14. The number of alkyl halides is 3. The summed E-state index contributed by atoms with van der Waals surface area (Å²) in [4.78, 5) is 5.27. The predicted molar refractivity (Wildman–Crippen MR) is 72.6 cm³/mol. The number of benzene rings is 1. The number of aromatic nitrogens is 1. The largest absolute Gasteiger partial charge is 0.416 e. The van der Waals surface area contributed by atoms with Crippen molar-refractivity contribution in [3.63, 3.8) is 0 Å². The fourth-order valence-electron chi connectivity index (χ4n) is 1.80. The lowest BCUT2D eigenvalue weighted by atomic mass is 10.0. The first-order chi connectivity index (χ1) is 9.50. The van der Waals surface area contributed by atoms with Gasteiger partial charge in [-0.2, -0.15) is 13.2 Å². The molecule has 0 saturated carbocycles. The summed E-state index contributed by atoms with van der Waals surface area (Å²) in [5.41, 5.74) is 4.98. The predicted octanol–water partition coefficient (Wildman–Crippen LogP) is 3.75. The number of hydrogen-bond donors (Lipinski definition) is 1. The number of nitrogens with zero attached hydrogens (tertiary/aromatic N) is 1. The van der Waals surface area contributed by atoms with Crippen LogP contribution in [0.4, 0.5) is 13.2 Å². The Kier molecular flexibility index (Phi) is 4.67. The highest BCUT2D eigenvalue weighted by atomic mass is 32.2. The van der Waals surface area contributed by atoms with Crippen molar-refractivity contribution in [3.8, 4) is 0 Å². The Hall–Kier alpha value is -1.53. The van der Waals surface area contributed by atoms with Gasteiger partial charge >= 0.3 is 6.18 Å². The second kappa shape index (κ2) is 6.28. The Morgan fingerprint density at radius 3 is 2.35 bits per heavy atom. The molecule has 2 nitrogen and oxygen atoms in total. The van der Waals surface area contributed by atoms with Crippen molar-refractivity contribution in [3.05, 3.63) is 53.9 Å². The smallest absolute Gasteiger partial charge is 0.330 e. The van der Waals surface area contributed by atoms with Crippen molar-refractivity contribution in [1.82, 2.24) is 4.98 Å². The molecular formula is C14H13F3N2S. The first kappa shape index (κ1) is 14.9. The van der Waals surface area contributed by atoms with E-state index in [1.807, 2.05) is 0 Å². The van der Waals surface area contributed by atoms with Gasteiger partial charge in [0.1, 0.15) is 0 Å². The van der Waals surface area contributed by atoms with E-state index >= 15 is 0 Å². The quantitative estimate of drug-likeness (QED) is 0.934. The Morgan fingerprint density at radius 1 is 1.05 bits per heavy atom. The molecule has 1 aromatic carbocycles. The van der Waals surface area contributed by atoms with Gasteiger partial charge in [-0.15, -0.1) is 0 Å². The first-order valence-corrected chi connectivity index (χ1v) is 6.80. The third kappa shape index (κ3) is 3.74. The van der Waals surface area contributed by atoms with Crippen molar-refractivity contribution in [2.45, 2.75) is 22.4 Å². The van der Waals surface area contributed by atoms with Gasteiger partial charge in [0.05, 0.1) is 5.56 Å². The van der Waals surface area contributed by atoms with Gasteiger partial charge in [-0.1, -0.05) is 17.8 Å². The van der Waals surface area contributed by atoms with Crippen LogP contribution >= 0.6 is 11.8 Å². The molecule has 0 spiro atoms. The molecule has 0 unspecified atom stereocenters. The average Bonchev–Trinajstić information content (AvgIpc) is 2.41. The van der Waals surface area contributed by atoms with E-state index in [0.717, 1.165) is 4.90 Å². The average molecular weight is 298 g/mol. The molecule has 0 amide bonds. The van der Waals surface area contributed by atoms with Crippen LogP contribution in [0.25, 0.3) is 0 Å².